The van der Waals surface area contributed by atoms with E-state index in [9.17, 15) is 23.1 Å². The van der Waals surface area contributed by atoms with E-state index < -0.39 is 31.9 Å². The summed E-state index contributed by atoms with van der Waals surface area (Å²) in [6, 6.07) is 14.9. The highest BCUT2D eigenvalue weighted by Crippen LogP contribution is 2.40. The molecule has 0 atom stereocenters. The van der Waals surface area contributed by atoms with Crippen LogP contribution in [0.2, 0.25) is 10.0 Å². The van der Waals surface area contributed by atoms with Gasteiger partial charge in [-0.1, -0.05) is 41.4 Å². The molecule has 0 aliphatic rings. The minimum atomic E-state index is -4.19. The summed E-state index contributed by atoms with van der Waals surface area (Å²) in [4.78, 5) is 25.0. The highest BCUT2D eigenvalue weighted by atomic mass is 35.5. The minimum Gasteiger partial charge on any atom is -0.507 e. The van der Waals surface area contributed by atoms with Crippen molar-refractivity contribution >= 4 is 44.1 Å². The Morgan fingerprint density at radius 1 is 0.972 bits per heavy atom. The first-order valence-electron chi connectivity index (χ1n) is 10.2. The fourth-order valence-corrected chi connectivity index (χ4v) is 5.57. The molecule has 0 unspecified atom stereocenters. The number of rotatable bonds is 5. The quantitative estimate of drug-likeness (QED) is 0.342. The highest BCUT2D eigenvalue weighted by molar-refractivity contribution is 7.90. The predicted octanol–water partition coefficient (Wildman–Crippen LogP) is 3.92. The zero-order valence-corrected chi connectivity index (χ0v) is 20.3. The molecule has 36 heavy (non-hydrogen) atoms. The van der Waals surface area contributed by atoms with Crippen molar-refractivity contribution in [1.82, 2.24) is 18.7 Å². The largest absolute Gasteiger partial charge is 0.507 e. The number of benzene rings is 3. The molecule has 5 rings (SSSR count). The Labute approximate surface area is 212 Å². The van der Waals surface area contributed by atoms with Gasteiger partial charge in [-0.3, -0.25) is 9.78 Å². The smallest absolute Gasteiger partial charge is 0.349 e. The van der Waals surface area contributed by atoms with Crippen LogP contribution in [0.25, 0.3) is 16.6 Å². The molecule has 0 fully saturated rings. The van der Waals surface area contributed by atoms with Crippen molar-refractivity contribution < 1.29 is 18.3 Å². The highest BCUT2D eigenvalue weighted by Gasteiger charge is 2.24. The molecule has 0 spiro atoms. The average molecular weight is 545 g/mol. The van der Waals surface area contributed by atoms with E-state index >= 15 is 0 Å². The number of H-pyrrole nitrogens is 1. The van der Waals surface area contributed by atoms with Crippen LogP contribution in [0.3, 0.4) is 0 Å². The fraction of sp³-hybridized carbons (Fsp3) is 0. The first-order valence-corrected chi connectivity index (χ1v) is 12.4. The van der Waals surface area contributed by atoms with E-state index in [-0.39, 0.29) is 27.2 Å². The summed E-state index contributed by atoms with van der Waals surface area (Å²) in [6.07, 6.45) is 2.31. The topological polar surface area (TPSA) is 136 Å². The Morgan fingerprint density at radius 2 is 1.69 bits per heavy atom. The number of hydrogen-bond acceptors (Lipinski definition) is 7. The number of para-hydroxylation sites is 1. The van der Waals surface area contributed by atoms with Gasteiger partial charge in [0.05, 0.1) is 21.2 Å². The SMILES string of the molecule is O=c1cnn(-c2cc(Cl)c(Oc3ccc(O)c(S(=O)(=O)n4ccc5ccccc54)c3)c(Cl)c2)c(=O)[nH]1. The van der Waals surface area contributed by atoms with E-state index in [1.165, 1.54) is 30.5 Å². The van der Waals surface area contributed by atoms with E-state index in [2.05, 4.69) is 10.1 Å². The van der Waals surface area contributed by atoms with Crippen LogP contribution in [0.15, 0.2) is 87.5 Å². The van der Waals surface area contributed by atoms with Gasteiger partial charge in [0.2, 0.25) is 0 Å². The molecule has 182 valence electrons. The molecular formula is C23H14Cl2N4O6S. The van der Waals surface area contributed by atoms with Crippen molar-refractivity contribution in [2.24, 2.45) is 0 Å². The van der Waals surface area contributed by atoms with Gasteiger partial charge in [-0.25, -0.2) is 17.2 Å². The maximum absolute atomic E-state index is 13.4. The first-order chi connectivity index (χ1) is 17.1. The van der Waals surface area contributed by atoms with Gasteiger partial charge >= 0.3 is 5.69 Å². The van der Waals surface area contributed by atoms with Crippen LogP contribution in [-0.2, 0) is 10.0 Å². The fourth-order valence-electron chi connectivity index (χ4n) is 3.56. The number of aromatic nitrogens is 4. The van der Waals surface area contributed by atoms with Crippen LogP contribution in [0.4, 0.5) is 0 Å². The second-order valence-electron chi connectivity index (χ2n) is 7.50. The average Bonchev–Trinajstić information content (AvgIpc) is 3.27. The summed E-state index contributed by atoms with van der Waals surface area (Å²) >= 11 is 12.7. The predicted molar refractivity (Wildman–Crippen MR) is 133 cm³/mol. The summed E-state index contributed by atoms with van der Waals surface area (Å²) in [5, 5.41) is 14.8. The molecule has 0 aliphatic carbocycles. The van der Waals surface area contributed by atoms with E-state index in [0.717, 1.165) is 20.9 Å². The van der Waals surface area contributed by atoms with E-state index in [4.69, 9.17) is 27.9 Å². The van der Waals surface area contributed by atoms with Crippen LogP contribution in [0.1, 0.15) is 0 Å². The molecule has 0 saturated heterocycles. The zero-order valence-electron chi connectivity index (χ0n) is 17.9. The number of phenolic OH excluding ortho intramolecular Hbond substituents is 1. The molecule has 0 saturated carbocycles. The van der Waals surface area contributed by atoms with Crippen molar-refractivity contribution in [2.45, 2.75) is 4.90 Å². The number of ether oxygens (including phenoxy) is 1. The number of fused-ring (bicyclic) bond motifs is 1. The van der Waals surface area contributed by atoms with E-state index in [0.29, 0.717) is 10.9 Å². The monoisotopic (exact) mass is 544 g/mol. The molecule has 2 aromatic heterocycles. The zero-order chi connectivity index (χ0) is 25.6. The van der Waals surface area contributed by atoms with Gasteiger partial charge in [-0.2, -0.15) is 9.78 Å². The third-order valence-electron chi connectivity index (χ3n) is 5.19. The molecule has 0 aliphatic heterocycles. The van der Waals surface area contributed by atoms with Crippen molar-refractivity contribution in [3.8, 4) is 22.9 Å². The lowest BCUT2D eigenvalue weighted by molar-refractivity contribution is 0.448. The van der Waals surface area contributed by atoms with Crippen LogP contribution < -0.4 is 16.0 Å². The summed E-state index contributed by atoms with van der Waals surface area (Å²) < 4.78 is 34.4. The minimum absolute atomic E-state index is 0.0220. The van der Waals surface area contributed by atoms with Crippen molar-refractivity contribution in [3.63, 3.8) is 0 Å². The van der Waals surface area contributed by atoms with E-state index in [1.54, 1.807) is 30.3 Å². The summed E-state index contributed by atoms with van der Waals surface area (Å²) in [5.41, 5.74) is -0.864. The van der Waals surface area contributed by atoms with Crippen molar-refractivity contribution in [3.05, 3.63) is 104 Å². The third kappa shape index (κ3) is 4.13. The van der Waals surface area contributed by atoms with Crippen LogP contribution in [0, 0.1) is 0 Å². The maximum Gasteiger partial charge on any atom is 0.349 e. The van der Waals surface area contributed by atoms with Gasteiger partial charge in [0.15, 0.2) is 5.75 Å². The van der Waals surface area contributed by atoms with Crippen LogP contribution in [-0.4, -0.2) is 32.3 Å². The Morgan fingerprint density at radius 3 is 2.42 bits per heavy atom. The Balaban J connectivity index is 1.53. The second kappa shape index (κ2) is 8.86. The maximum atomic E-state index is 13.4. The van der Waals surface area contributed by atoms with Crippen molar-refractivity contribution in [1.29, 1.82) is 0 Å². The molecule has 5 aromatic rings. The molecule has 13 heteroatoms. The third-order valence-corrected chi connectivity index (χ3v) is 7.47. The number of nitrogens with one attached hydrogen (secondary N) is 1. The van der Waals surface area contributed by atoms with Crippen molar-refractivity contribution in [2.75, 3.05) is 0 Å². The normalized spacial score (nSPS) is 11.6. The number of hydrogen-bond donors (Lipinski definition) is 2. The lowest BCUT2D eigenvalue weighted by atomic mass is 10.3. The summed E-state index contributed by atoms with van der Waals surface area (Å²) in [5.74, 6) is -0.477. The first kappa shape index (κ1) is 23.7. The molecule has 10 nitrogen and oxygen atoms in total. The number of aromatic hydroxyl groups is 1. The Kier molecular flexibility index (Phi) is 5.83. The molecule has 2 heterocycles. The molecule has 0 amide bonds. The lowest BCUT2D eigenvalue weighted by Gasteiger charge is -2.14. The van der Waals surface area contributed by atoms with Gasteiger partial charge in [0, 0.05) is 17.6 Å². The van der Waals surface area contributed by atoms with Crippen LogP contribution in [0.5, 0.6) is 17.2 Å². The van der Waals surface area contributed by atoms with Crippen LogP contribution >= 0.6 is 23.2 Å². The summed E-state index contributed by atoms with van der Waals surface area (Å²) in [6.45, 7) is 0. The number of phenols is 1. The van der Waals surface area contributed by atoms with Gasteiger partial charge in [-0.05, 0) is 36.4 Å². The molecule has 2 N–H and O–H groups in total. The molecular weight excluding hydrogens is 531 g/mol. The second-order valence-corrected chi connectivity index (χ2v) is 10.1. The Bertz CT molecular complexity index is 1850. The van der Waals surface area contributed by atoms with Gasteiger partial charge in [0.25, 0.3) is 15.6 Å². The van der Waals surface area contributed by atoms with Gasteiger partial charge in [-0.15, -0.1) is 0 Å². The molecule has 3 aromatic carbocycles. The van der Waals surface area contributed by atoms with Gasteiger partial charge in [0.1, 0.15) is 22.6 Å². The number of aromatic amines is 1. The molecule has 0 bridgehead atoms. The number of halogens is 2. The standard InChI is InChI=1S/C23H14Cl2N4O6S/c24-16-9-14(29-23(32)27-21(31)12-26-29)10-17(25)22(16)35-15-5-6-19(30)20(11-15)36(33,34)28-8-7-13-3-1-2-4-18(13)28/h1-12,30H,(H,27,31,32). The summed E-state index contributed by atoms with van der Waals surface area (Å²) in [7, 11) is -4.19. The Hall–Kier alpha value is -4.06. The van der Waals surface area contributed by atoms with E-state index in [1.807, 2.05) is 0 Å². The van der Waals surface area contributed by atoms with Gasteiger partial charge < -0.3 is 9.84 Å². The number of nitrogens with zero attached hydrogens (tertiary/aromatic N) is 3. The molecule has 0 radical (unpaired) electrons. The lowest BCUT2D eigenvalue weighted by Crippen LogP contribution is -2.30.